The number of aliphatic hydroxyl groups is 1. The normalized spacial score (nSPS) is 40.0. The van der Waals surface area contributed by atoms with E-state index in [1.54, 1.807) is 0 Å². The van der Waals surface area contributed by atoms with E-state index < -0.39 is 0 Å². The molecule has 3 fully saturated rings. The zero-order chi connectivity index (χ0) is 22.3. The van der Waals surface area contributed by atoms with Gasteiger partial charge in [0.05, 0.1) is 29.1 Å². The fourth-order valence-corrected chi connectivity index (χ4v) is 8.65. The second-order valence-corrected chi connectivity index (χ2v) is 11.8. The van der Waals surface area contributed by atoms with Gasteiger partial charge in [-0.05, 0) is 123 Å². The van der Waals surface area contributed by atoms with Gasteiger partial charge in [0.15, 0.2) is 0 Å². The van der Waals surface area contributed by atoms with Crippen molar-refractivity contribution in [1.29, 1.82) is 5.26 Å². The summed E-state index contributed by atoms with van der Waals surface area (Å²) in [6.45, 7) is 7.19. The average molecular weight is 430 g/mol. The summed E-state index contributed by atoms with van der Waals surface area (Å²) in [5.74, 6) is 2.98. The molecule has 168 valence electrons. The Morgan fingerprint density at radius 2 is 1.78 bits per heavy atom. The third-order valence-corrected chi connectivity index (χ3v) is 10.6. The SMILES string of the molecule is Cc1c2c(nn1-c1ccc(C#N)cc1)C[C@@H]1CC[C@@H]3[C@H](CC[C@]4(C)[C@@H](O)CC[C@@H]34)[C@@]1(C)C2. The number of nitriles is 1. The van der Waals surface area contributed by atoms with Gasteiger partial charge in [0, 0.05) is 5.69 Å². The molecule has 1 aromatic carbocycles. The van der Waals surface area contributed by atoms with Gasteiger partial charge in [-0.2, -0.15) is 10.4 Å². The van der Waals surface area contributed by atoms with E-state index in [1.807, 2.05) is 24.3 Å². The van der Waals surface area contributed by atoms with E-state index in [9.17, 15) is 5.11 Å². The van der Waals surface area contributed by atoms with Gasteiger partial charge >= 0.3 is 0 Å². The van der Waals surface area contributed by atoms with E-state index in [-0.39, 0.29) is 11.5 Å². The Balaban J connectivity index is 1.34. The molecule has 0 saturated heterocycles. The Morgan fingerprint density at radius 3 is 2.53 bits per heavy atom. The topological polar surface area (TPSA) is 61.8 Å². The molecule has 32 heavy (non-hydrogen) atoms. The van der Waals surface area contributed by atoms with Crippen LogP contribution < -0.4 is 0 Å². The number of rotatable bonds is 1. The Hall–Kier alpha value is -2.12. The van der Waals surface area contributed by atoms with Crippen LogP contribution in [0.1, 0.15) is 74.9 Å². The van der Waals surface area contributed by atoms with Crippen molar-refractivity contribution in [3.63, 3.8) is 0 Å². The lowest BCUT2D eigenvalue weighted by atomic mass is 9.45. The fourth-order valence-electron chi connectivity index (χ4n) is 8.65. The van der Waals surface area contributed by atoms with Crippen molar-refractivity contribution in [2.75, 3.05) is 0 Å². The molecule has 1 heterocycles. The molecule has 0 aliphatic heterocycles. The first-order valence-electron chi connectivity index (χ1n) is 12.6. The third kappa shape index (κ3) is 2.67. The highest BCUT2D eigenvalue weighted by atomic mass is 16.3. The van der Waals surface area contributed by atoms with Crippen LogP contribution in [0.3, 0.4) is 0 Å². The maximum Gasteiger partial charge on any atom is 0.0991 e. The van der Waals surface area contributed by atoms with Crippen molar-refractivity contribution in [2.24, 2.45) is 34.5 Å². The van der Waals surface area contributed by atoms with Gasteiger partial charge in [-0.3, -0.25) is 0 Å². The molecule has 4 nitrogen and oxygen atoms in total. The lowest BCUT2D eigenvalue weighted by Crippen LogP contribution is -2.54. The second kappa shape index (κ2) is 6.94. The van der Waals surface area contributed by atoms with E-state index in [1.165, 1.54) is 49.1 Å². The molecule has 7 atom stereocenters. The summed E-state index contributed by atoms with van der Waals surface area (Å²) in [5.41, 5.74) is 6.26. The molecule has 0 spiro atoms. The molecule has 0 amide bonds. The summed E-state index contributed by atoms with van der Waals surface area (Å²) in [6, 6.07) is 10.0. The second-order valence-electron chi connectivity index (χ2n) is 11.8. The van der Waals surface area contributed by atoms with Crippen LogP contribution in [0.25, 0.3) is 5.69 Å². The van der Waals surface area contributed by atoms with E-state index in [2.05, 4.69) is 31.5 Å². The fraction of sp³-hybridized carbons (Fsp3) is 0.643. The van der Waals surface area contributed by atoms with Gasteiger partial charge in [0.25, 0.3) is 0 Å². The predicted molar refractivity (Wildman–Crippen MR) is 124 cm³/mol. The maximum absolute atomic E-state index is 10.8. The van der Waals surface area contributed by atoms with Crippen molar-refractivity contribution in [1.82, 2.24) is 9.78 Å². The zero-order valence-corrected chi connectivity index (χ0v) is 19.6. The largest absolute Gasteiger partial charge is 0.393 e. The Morgan fingerprint density at radius 1 is 1.03 bits per heavy atom. The minimum Gasteiger partial charge on any atom is -0.393 e. The van der Waals surface area contributed by atoms with Crippen LogP contribution in [0.5, 0.6) is 0 Å². The highest BCUT2D eigenvalue weighted by molar-refractivity contribution is 5.43. The van der Waals surface area contributed by atoms with Crippen molar-refractivity contribution in [3.05, 3.63) is 46.8 Å². The van der Waals surface area contributed by atoms with Gasteiger partial charge in [0.1, 0.15) is 0 Å². The van der Waals surface area contributed by atoms with Crippen molar-refractivity contribution in [2.45, 2.75) is 78.2 Å². The summed E-state index contributed by atoms with van der Waals surface area (Å²) in [6.07, 6.45) is 9.49. The van der Waals surface area contributed by atoms with Crippen molar-refractivity contribution < 1.29 is 5.11 Å². The molecule has 4 aliphatic rings. The van der Waals surface area contributed by atoms with E-state index >= 15 is 0 Å². The molecule has 0 unspecified atom stereocenters. The molecule has 1 N–H and O–H groups in total. The van der Waals surface area contributed by atoms with Crippen LogP contribution in [-0.4, -0.2) is 21.0 Å². The van der Waals surface area contributed by atoms with Crippen LogP contribution in [0.2, 0.25) is 0 Å². The number of nitrogens with zero attached hydrogens (tertiary/aromatic N) is 3. The number of aliphatic hydroxyl groups excluding tert-OH is 1. The Bertz CT molecular complexity index is 1100. The molecule has 3 saturated carbocycles. The van der Waals surface area contributed by atoms with Gasteiger partial charge in [-0.1, -0.05) is 13.8 Å². The lowest BCUT2D eigenvalue weighted by molar-refractivity contribution is -0.111. The van der Waals surface area contributed by atoms with E-state index in [4.69, 9.17) is 10.4 Å². The molecular weight excluding hydrogens is 394 g/mol. The highest BCUT2D eigenvalue weighted by Gasteiger charge is 2.60. The number of hydrogen-bond donors (Lipinski definition) is 1. The first-order chi connectivity index (χ1) is 15.3. The summed E-state index contributed by atoms with van der Waals surface area (Å²) in [7, 11) is 0. The molecule has 4 aliphatic carbocycles. The predicted octanol–water partition coefficient (Wildman–Crippen LogP) is 5.37. The van der Waals surface area contributed by atoms with Crippen LogP contribution in [0.4, 0.5) is 0 Å². The average Bonchev–Trinajstić information content (AvgIpc) is 3.28. The zero-order valence-electron chi connectivity index (χ0n) is 19.6. The number of benzene rings is 1. The number of aromatic nitrogens is 2. The number of fused-ring (bicyclic) bond motifs is 6. The standard InChI is InChI=1S/C28H35N3O/c1-17-22-15-28(3)19(14-25(22)30-31(17)20-7-4-18(16-29)5-8-20)6-9-21-23-10-11-26(32)27(23,2)13-12-24(21)28/h4-5,7-8,19,21,23-24,26,32H,6,9-15H2,1-3H3/t19-,21-,23-,24-,26-,27-,28-/m0/s1. The quantitative estimate of drug-likeness (QED) is 0.663. The van der Waals surface area contributed by atoms with Gasteiger partial charge < -0.3 is 5.11 Å². The summed E-state index contributed by atoms with van der Waals surface area (Å²) >= 11 is 0. The lowest BCUT2D eigenvalue weighted by Gasteiger charge is -2.60. The molecular formula is C28H35N3O. The summed E-state index contributed by atoms with van der Waals surface area (Å²) < 4.78 is 2.11. The Kier molecular flexibility index (Phi) is 4.44. The van der Waals surface area contributed by atoms with Crippen molar-refractivity contribution in [3.8, 4) is 11.8 Å². The summed E-state index contributed by atoms with van der Waals surface area (Å²) in [5, 5.41) is 25.0. The van der Waals surface area contributed by atoms with Crippen LogP contribution >= 0.6 is 0 Å². The van der Waals surface area contributed by atoms with Crippen molar-refractivity contribution >= 4 is 0 Å². The monoisotopic (exact) mass is 429 g/mol. The minimum absolute atomic E-state index is 0.0927. The van der Waals surface area contributed by atoms with Crippen LogP contribution in [-0.2, 0) is 12.8 Å². The first-order valence-corrected chi connectivity index (χ1v) is 12.6. The molecule has 4 heteroatoms. The highest BCUT2D eigenvalue weighted by Crippen LogP contribution is 2.65. The summed E-state index contributed by atoms with van der Waals surface area (Å²) in [4.78, 5) is 0. The maximum atomic E-state index is 10.8. The third-order valence-electron chi connectivity index (χ3n) is 10.6. The molecule has 1 aromatic heterocycles. The smallest absolute Gasteiger partial charge is 0.0991 e. The van der Waals surface area contributed by atoms with E-state index in [0.717, 1.165) is 42.7 Å². The van der Waals surface area contributed by atoms with Gasteiger partial charge in [-0.15, -0.1) is 0 Å². The van der Waals surface area contributed by atoms with Crippen LogP contribution in [0, 0.1) is 52.8 Å². The molecule has 0 bridgehead atoms. The number of hydrogen-bond acceptors (Lipinski definition) is 3. The molecule has 0 radical (unpaired) electrons. The van der Waals surface area contributed by atoms with Gasteiger partial charge in [-0.25, -0.2) is 4.68 Å². The van der Waals surface area contributed by atoms with E-state index in [0.29, 0.717) is 16.9 Å². The van der Waals surface area contributed by atoms with Gasteiger partial charge in [0.2, 0.25) is 0 Å². The molecule has 2 aromatic rings. The minimum atomic E-state index is -0.0927. The Labute approximate surface area is 191 Å². The van der Waals surface area contributed by atoms with Crippen LogP contribution in [0.15, 0.2) is 24.3 Å². The first kappa shape index (κ1) is 20.5. The molecule has 6 rings (SSSR count).